The molecule has 0 aliphatic heterocycles. The first-order chi connectivity index (χ1) is 10.8. The molecule has 3 aromatic carbocycles. The quantitative estimate of drug-likeness (QED) is 0.418. The first-order valence-electron chi connectivity index (χ1n) is 7.39. The van der Waals surface area contributed by atoms with Gasteiger partial charge in [-0.15, -0.1) is 0 Å². The largest absolute Gasteiger partial charge is 1.00 e. The molecule has 118 valence electrons. The predicted molar refractivity (Wildman–Crippen MR) is 104 cm³/mol. The Kier molecular flexibility index (Phi) is 6.59. The van der Waals surface area contributed by atoms with Crippen molar-refractivity contribution >= 4 is 39.1 Å². The summed E-state index contributed by atoms with van der Waals surface area (Å²) in [5, 5.41) is 5.20. The maximum atomic E-state index is 3.66. The van der Waals surface area contributed by atoms with Crippen LogP contribution < -0.4 is 32.9 Å². The van der Waals surface area contributed by atoms with Crippen LogP contribution in [0.15, 0.2) is 84.9 Å². The molecule has 0 aromatic heterocycles. The highest BCUT2D eigenvalue weighted by atomic mass is 79.9. The van der Waals surface area contributed by atoms with Gasteiger partial charge in [-0.25, -0.2) is 0 Å². The van der Waals surface area contributed by atoms with Gasteiger partial charge in [0.2, 0.25) is 0 Å². The summed E-state index contributed by atoms with van der Waals surface area (Å²) in [5.74, 6) is 0. The number of alkyl halides is 1. The zero-order valence-electron chi connectivity index (χ0n) is 13.0. The SMILES string of the molecule is C[P+](c1ccccc1)(c1ccccc1)c1ccccc1CBr.[Br-]. The van der Waals surface area contributed by atoms with Crippen molar-refractivity contribution in [1.82, 2.24) is 0 Å². The molecule has 0 radical (unpaired) electrons. The summed E-state index contributed by atoms with van der Waals surface area (Å²) < 4.78 is 0. The molecule has 3 aromatic rings. The van der Waals surface area contributed by atoms with Gasteiger partial charge >= 0.3 is 0 Å². The molecule has 0 saturated heterocycles. The number of benzene rings is 3. The van der Waals surface area contributed by atoms with Crippen LogP contribution in [0, 0.1) is 0 Å². The molecule has 0 spiro atoms. The van der Waals surface area contributed by atoms with Crippen LogP contribution in [0.4, 0.5) is 0 Å². The molecule has 0 saturated carbocycles. The zero-order valence-corrected chi connectivity index (χ0v) is 17.1. The first-order valence-corrected chi connectivity index (χ1v) is 10.7. The molecule has 0 aliphatic carbocycles. The van der Waals surface area contributed by atoms with Gasteiger partial charge in [0.1, 0.15) is 23.2 Å². The van der Waals surface area contributed by atoms with Gasteiger partial charge in [0, 0.05) is 10.9 Å². The Hall–Kier alpha value is -0.950. The highest BCUT2D eigenvalue weighted by molar-refractivity contribution is 9.08. The van der Waals surface area contributed by atoms with Gasteiger partial charge in [-0.3, -0.25) is 0 Å². The summed E-state index contributed by atoms with van der Waals surface area (Å²) in [6.07, 6.45) is 0. The van der Waals surface area contributed by atoms with E-state index >= 15 is 0 Å². The summed E-state index contributed by atoms with van der Waals surface area (Å²) in [5.41, 5.74) is 1.38. The molecule has 23 heavy (non-hydrogen) atoms. The molecular weight excluding hydrogens is 431 g/mol. The zero-order chi connectivity index (χ0) is 15.4. The lowest BCUT2D eigenvalue weighted by molar-refractivity contribution is -0.00000423. The summed E-state index contributed by atoms with van der Waals surface area (Å²) in [6, 6.07) is 30.7. The summed E-state index contributed by atoms with van der Waals surface area (Å²) in [7, 11) is -1.61. The standard InChI is InChI=1S/C20H19BrP.BrH/c1-22(18-11-4-2-5-12-18,19-13-6-3-7-14-19)20-15-9-8-10-17(20)16-21;/h2-15H,16H2,1H3;1H/q+1;/p-1. The van der Waals surface area contributed by atoms with Crippen LogP contribution in [-0.2, 0) is 5.33 Å². The molecule has 0 nitrogen and oxygen atoms in total. The van der Waals surface area contributed by atoms with E-state index in [4.69, 9.17) is 0 Å². The van der Waals surface area contributed by atoms with Crippen molar-refractivity contribution < 1.29 is 17.0 Å². The van der Waals surface area contributed by atoms with Gasteiger partial charge in [0.15, 0.2) is 0 Å². The van der Waals surface area contributed by atoms with Crippen molar-refractivity contribution in [2.24, 2.45) is 0 Å². The Balaban J connectivity index is 0.00000192. The van der Waals surface area contributed by atoms with Gasteiger partial charge < -0.3 is 17.0 Å². The minimum Gasteiger partial charge on any atom is -1.00 e. The van der Waals surface area contributed by atoms with Crippen LogP contribution in [-0.4, -0.2) is 6.66 Å². The van der Waals surface area contributed by atoms with Crippen molar-refractivity contribution in [2.75, 3.05) is 6.66 Å². The number of halogens is 2. The summed E-state index contributed by atoms with van der Waals surface area (Å²) >= 11 is 3.66. The Bertz CT molecular complexity index is 702. The molecule has 0 bridgehead atoms. The molecule has 3 rings (SSSR count). The minimum atomic E-state index is -1.61. The van der Waals surface area contributed by atoms with Crippen molar-refractivity contribution in [3.05, 3.63) is 90.5 Å². The van der Waals surface area contributed by atoms with Crippen LogP contribution in [0.3, 0.4) is 0 Å². The Morgan fingerprint density at radius 3 is 1.61 bits per heavy atom. The Morgan fingerprint density at radius 2 is 1.13 bits per heavy atom. The fraction of sp³-hybridized carbons (Fsp3) is 0.100. The molecular formula is C20H19Br2P. The van der Waals surface area contributed by atoms with Crippen molar-refractivity contribution in [3.63, 3.8) is 0 Å². The third-order valence-electron chi connectivity index (χ3n) is 4.16. The van der Waals surface area contributed by atoms with Crippen molar-refractivity contribution in [1.29, 1.82) is 0 Å². The second-order valence-corrected chi connectivity index (χ2v) is 9.53. The molecule has 0 N–H and O–H groups in total. The lowest BCUT2D eigenvalue weighted by Crippen LogP contribution is -3.00. The van der Waals surface area contributed by atoms with E-state index in [1.54, 1.807) is 0 Å². The van der Waals surface area contributed by atoms with E-state index in [9.17, 15) is 0 Å². The molecule has 0 heterocycles. The van der Waals surface area contributed by atoms with Crippen LogP contribution in [0.25, 0.3) is 0 Å². The molecule has 0 atom stereocenters. The normalized spacial score (nSPS) is 10.9. The van der Waals surface area contributed by atoms with Gasteiger partial charge in [-0.1, -0.05) is 70.5 Å². The monoisotopic (exact) mass is 448 g/mol. The second kappa shape index (κ2) is 8.24. The summed E-state index contributed by atoms with van der Waals surface area (Å²) in [6.45, 7) is 2.43. The Labute approximate surface area is 158 Å². The van der Waals surface area contributed by atoms with Crippen LogP contribution in [0.1, 0.15) is 5.56 Å². The molecule has 0 fully saturated rings. The summed E-state index contributed by atoms with van der Waals surface area (Å²) in [4.78, 5) is 0. The topological polar surface area (TPSA) is 0 Å². The fourth-order valence-electron chi connectivity index (χ4n) is 2.94. The van der Waals surface area contributed by atoms with E-state index in [2.05, 4.69) is 108 Å². The number of hydrogen-bond acceptors (Lipinski definition) is 0. The van der Waals surface area contributed by atoms with Gasteiger partial charge in [-0.2, -0.15) is 0 Å². The smallest absolute Gasteiger partial charge is 0.109 e. The first kappa shape index (κ1) is 18.4. The van der Waals surface area contributed by atoms with E-state index < -0.39 is 7.26 Å². The lowest BCUT2D eigenvalue weighted by atomic mass is 10.2. The van der Waals surface area contributed by atoms with Crippen molar-refractivity contribution in [2.45, 2.75) is 5.33 Å². The number of hydrogen-bond donors (Lipinski definition) is 0. The number of rotatable bonds is 4. The third-order valence-corrected chi connectivity index (χ3v) is 8.83. The van der Waals surface area contributed by atoms with E-state index in [1.807, 2.05) is 0 Å². The third kappa shape index (κ3) is 3.60. The van der Waals surface area contributed by atoms with E-state index in [0.29, 0.717) is 0 Å². The average Bonchev–Trinajstić information content (AvgIpc) is 2.62. The highest BCUT2D eigenvalue weighted by Crippen LogP contribution is 2.52. The van der Waals surface area contributed by atoms with E-state index in [0.717, 1.165) is 5.33 Å². The predicted octanol–water partition coefficient (Wildman–Crippen LogP) is 1.51. The second-order valence-electron chi connectivity index (χ2n) is 5.44. The minimum absolute atomic E-state index is 0. The molecule has 0 unspecified atom stereocenters. The maximum Gasteiger partial charge on any atom is 0.109 e. The lowest BCUT2D eigenvalue weighted by Gasteiger charge is -2.25. The Morgan fingerprint density at radius 1 is 0.696 bits per heavy atom. The van der Waals surface area contributed by atoms with E-state index in [1.165, 1.54) is 21.5 Å². The molecule has 3 heteroatoms. The van der Waals surface area contributed by atoms with Gasteiger partial charge in [0.05, 0.1) is 6.66 Å². The molecule has 0 aliphatic rings. The molecule has 0 amide bonds. The van der Waals surface area contributed by atoms with Crippen LogP contribution in [0.5, 0.6) is 0 Å². The maximum absolute atomic E-state index is 3.66. The van der Waals surface area contributed by atoms with Gasteiger partial charge in [-0.05, 0) is 30.3 Å². The fourth-order valence-corrected chi connectivity index (χ4v) is 7.15. The average molecular weight is 450 g/mol. The van der Waals surface area contributed by atoms with Crippen LogP contribution >= 0.6 is 23.2 Å². The highest BCUT2D eigenvalue weighted by Gasteiger charge is 2.41. The van der Waals surface area contributed by atoms with Crippen LogP contribution in [0.2, 0.25) is 0 Å². The van der Waals surface area contributed by atoms with Gasteiger partial charge in [0.25, 0.3) is 0 Å². The van der Waals surface area contributed by atoms with E-state index in [-0.39, 0.29) is 17.0 Å². The van der Waals surface area contributed by atoms with Crippen molar-refractivity contribution in [3.8, 4) is 0 Å².